The van der Waals surface area contributed by atoms with E-state index in [0.29, 0.717) is 5.38 Å². The third-order valence-corrected chi connectivity index (χ3v) is 3.07. The van der Waals surface area contributed by atoms with Crippen LogP contribution < -0.4 is 0 Å². The van der Waals surface area contributed by atoms with Gasteiger partial charge in [0.05, 0.1) is 5.69 Å². The summed E-state index contributed by atoms with van der Waals surface area (Å²) in [6.45, 7) is 4.25. The van der Waals surface area contributed by atoms with Crippen molar-refractivity contribution in [2.75, 3.05) is 0 Å². The smallest absolute Gasteiger partial charge is 0.0624 e. The second-order valence-electron chi connectivity index (χ2n) is 3.65. The lowest BCUT2D eigenvalue weighted by atomic mass is 10.1. The van der Waals surface area contributed by atoms with Gasteiger partial charge in [-0.3, -0.25) is 4.68 Å². The van der Waals surface area contributed by atoms with Gasteiger partial charge in [0.15, 0.2) is 0 Å². The molecule has 1 unspecified atom stereocenters. The van der Waals surface area contributed by atoms with Crippen molar-refractivity contribution in [1.29, 1.82) is 0 Å². The maximum atomic E-state index is 6.08. The molecule has 0 fully saturated rings. The molecule has 80 valence electrons. The SMILES string of the molecule is CCc1cc(CCC(Cl)CC)n(C)n1. The molecule has 14 heavy (non-hydrogen) atoms. The lowest BCUT2D eigenvalue weighted by Crippen LogP contribution is -2.03. The molecule has 0 aliphatic heterocycles. The average molecular weight is 215 g/mol. The number of hydrogen-bond acceptors (Lipinski definition) is 1. The zero-order valence-electron chi connectivity index (χ0n) is 9.26. The van der Waals surface area contributed by atoms with Crippen molar-refractivity contribution in [2.24, 2.45) is 7.05 Å². The highest BCUT2D eigenvalue weighted by molar-refractivity contribution is 6.20. The molecular formula is C11H19ClN2. The number of nitrogens with zero attached hydrogens (tertiary/aromatic N) is 2. The maximum absolute atomic E-state index is 6.08. The van der Waals surface area contributed by atoms with Crippen LogP contribution in [-0.2, 0) is 19.9 Å². The monoisotopic (exact) mass is 214 g/mol. The van der Waals surface area contributed by atoms with Gasteiger partial charge in [0.2, 0.25) is 0 Å². The van der Waals surface area contributed by atoms with Gasteiger partial charge in [0.1, 0.15) is 0 Å². The highest BCUT2D eigenvalue weighted by Gasteiger charge is 2.06. The molecule has 0 saturated heterocycles. The van der Waals surface area contributed by atoms with Gasteiger partial charge in [-0.15, -0.1) is 11.6 Å². The normalized spacial score (nSPS) is 13.1. The molecule has 0 amide bonds. The van der Waals surface area contributed by atoms with E-state index in [2.05, 4.69) is 25.0 Å². The zero-order chi connectivity index (χ0) is 10.6. The molecule has 0 N–H and O–H groups in total. The van der Waals surface area contributed by atoms with Gasteiger partial charge >= 0.3 is 0 Å². The molecule has 0 aliphatic rings. The van der Waals surface area contributed by atoms with Crippen LogP contribution in [-0.4, -0.2) is 15.2 Å². The van der Waals surface area contributed by atoms with Gasteiger partial charge in [-0.1, -0.05) is 13.8 Å². The van der Waals surface area contributed by atoms with Crippen molar-refractivity contribution in [3.63, 3.8) is 0 Å². The number of halogens is 1. The van der Waals surface area contributed by atoms with Crippen LogP contribution in [0.25, 0.3) is 0 Å². The van der Waals surface area contributed by atoms with E-state index in [1.165, 1.54) is 11.4 Å². The second kappa shape index (κ2) is 5.40. The first-order valence-corrected chi connectivity index (χ1v) is 5.76. The van der Waals surface area contributed by atoms with Crippen molar-refractivity contribution >= 4 is 11.6 Å². The van der Waals surface area contributed by atoms with Crippen LogP contribution in [0.1, 0.15) is 38.1 Å². The van der Waals surface area contributed by atoms with Crippen molar-refractivity contribution < 1.29 is 0 Å². The van der Waals surface area contributed by atoms with Crippen molar-refractivity contribution in [2.45, 2.75) is 44.9 Å². The van der Waals surface area contributed by atoms with Gasteiger partial charge in [-0.2, -0.15) is 5.10 Å². The molecule has 0 saturated carbocycles. The Labute approximate surface area is 91.3 Å². The van der Waals surface area contributed by atoms with Gasteiger partial charge in [0, 0.05) is 18.1 Å². The Bertz CT molecular complexity index is 281. The van der Waals surface area contributed by atoms with Crippen LogP contribution in [0, 0.1) is 0 Å². The Morgan fingerprint density at radius 3 is 2.71 bits per heavy atom. The van der Waals surface area contributed by atoms with Crippen molar-refractivity contribution in [3.8, 4) is 0 Å². The molecule has 1 heterocycles. The standard InChI is InChI=1S/C11H19ClN2/c1-4-9(12)6-7-11-8-10(5-2)13-14(11)3/h8-9H,4-7H2,1-3H3. The molecule has 0 bridgehead atoms. The summed E-state index contributed by atoms with van der Waals surface area (Å²) in [5.41, 5.74) is 2.46. The Hall–Kier alpha value is -0.500. The van der Waals surface area contributed by atoms with Crippen LogP contribution in [0.4, 0.5) is 0 Å². The number of rotatable bonds is 5. The van der Waals surface area contributed by atoms with Crippen LogP contribution in [0.15, 0.2) is 6.07 Å². The average Bonchev–Trinajstić information content (AvgIpc) is 2.55. The molecule has 1 rings (SSSR count). The molecule has 0 spiro atoms. The fourth-order valence-electron chi connectivity index (χ4n) is 1.49. The summed E-state index contributed by atoms with van der Waals surface area (Å²) < 4.78 is 1.97. The zero-order valence-corrected chi connectivity index (χ0v) is 10.0. The summed E-state index contributed by atoms with van der Waals surface area (Å²) in [6, 6.07) is 2.18. The highest BCUT2D eigenvalue weighted by atomic mass is 35.5. The third-order valence-electron chi connectivity index (χ3n) is 2.55. The topological polar surface area (TPSA) is 17.8 Å². The maximum Gasteiger partial charge on any atom is 0.0624 e. The van der Waals surface area contributed by atoms with Crippen molar-refractivity contribution in [3.05, 3.63) is 17.5 Å². The van der Waals surface area contributed by atoms with Crippen LogP contribution in [0.3, 0.4) is 0 Å². The van der Waals surface area contributed by atoms with E-state index in [4.69, 9.17) is 11.6 Å². The van der Waals surface area contributed by atoms with E-state index in [1.54, 1.807) is 0 Å². The fraction of sp³-hybridized carbons (Fsp3) is 0.727. The first-order chi connectivity index (χ1) is 6.67. The van der Waals surface area contributed by atoms with E-state index in [-0.39, 0.29) is 0 Å². The molecule has 3 heteroatoms. The fourth-order valence-corrected chi connectivity index (χ4v) is 1.60. The molecule has 1 aromatic rings. The third kappa shape index (κ3) is 3.02. The van der Waals surface area contributed by atoms with E-state index >= 15 is 0 Å². The Morgan fingerprint density at radius 2 is 2.21 bits per heavy atom. The second-order valence-corrected chi connectivity index (χ2v) is 4.27. The van der Waals surface area contributed by atoms with Gasteiger partial charge in [0.25, 0.3) is 0 Å². The first kappa shape index (κ1) is 11.6. The van der Waals surface area contributed by atoms with Crippen LogP contribution in [0.5, 0.6) is 0 Å². The van der Waals surface area contributed by atoms with E-state index < -0.39 is 0 Å². The molecule has 0 aliphatic carbocycles. The molecule has 0 aromatic carbocycles. The minimum Gasteiger partial charge on any atom is -0.272 e. The van der Waals surface area contributed by atoms with E-state index in [1.807, 2.05) is 11.7 Å². The highest BCUT2D eigenvalue weighted by Crippen LogP contribution is 2.12. The van der Waals surface area contributed by atoms with E-state index in [9.17, 15) is 0 Å². The van der Waals surface area contributed by atoms with E-state index in [0.717, 1.165) is 25.7 Å². The quantitative estimate of drug-likeness (QED) is 0.690. The minimum absolute atomic E-state index is 0.301. The molecular weight excluding hydrogens is 196 g/mol. The largest absolute Gasteiger partial charge is 0.272 e. The number of hydrogen-bond donors (Lipinski definition) is 0. The Kier molecular flexibility index (Phi) is 4.46. The summed E-state index contributed by atoms with van der Waals surface area (Å²) in [5, 5.41) is 4.71. The summed E-state index contributed by atoms with van der Waals surface area (Å²) in [7, 11) is 2.00. The number of aryl methyl sites for hydroxylation is 3. The van der Waals surface area contributed by atoms with Crippen LogP contribution >= 0.6 is 11.6 Å². The summed E-state index contributed by atoms with van der Waals surface area (Å²) in [4.78, 5) is 0. The van der Waals surface area contributed by atoms with Crippen molar-refractivity contribution in [1.82, 2.24) is 9.78 Å². The molecule has 2 nitrogen and oxygen atoms in total. The summed E-state index contributed by atoms with van der Waals surface area (Å²) in [5.74, 6) is 0. The van der Waals surface area contributed by atoms with Gasteiger partial charge < -0.3 is 0 Å². The lowest BCUT2D eigenvalue weighted by molar-refractivity contribution is 0.653. The lowest BCUT2D eigenvalue weighted by Gasteiger charge is -2.05. The molecule has 1 aromatic heterocycles. The van der Waals surface area contributed by atoms with Gasteiger partial charge in [-0.25, -0.2) is 0 Å². The van der Waals surface area contributed by atoms with Gasteiger partial charge in [-0.05, 0) is 31.7 Å². The predicted molar refractivity (Wildman–Crippen MR) is 60.8 cm³/mol. The predicted octanol–water partition coefficient (Wildman–Crippen LogP) is 2.93. The molecule has 1 atom stereocenters. The Balaban J connectivity index is 2.53. The summed E-state index contributed by atoms with van der Waals surface area (Å²) >= 11 is 6.08. The summed E-state index contributed by atoms with van der Waals surface area (Å²) in [6.07, 6.45) is 4.12. The number of alkyl halides is 1. The minimum atomic E-state index is 0.301. The molecule has 0 radical (unpaired) electrons. The first-order valence-electron chi connectivity index (χ1n) is 5.33. The number of aromatic nitrogens is 2. The Morgan fingerprint density at radius 1 is 1.50 bits per heavy atom. The van der Waals surface area contributed by atoms with Crippen LogP contribution in [0.2, 0.25) is 0 Å².